The molecular weight excluding hydrogens is 703 g/mol. The van der Waals surface area contributed by atoms with Crippen molar-refractivity contribution >= 4 is 21.8 Å². The molecule has 3 nitrogen and oxygen atoms in total. The van der Waals surface area contributed by atoms with E-state index in [-0.39, 0.29) is 5.41 Å². The van der Waals surface area contributed by atoms with Crippen LogP contribution in [0.1, 0.15) is 25.0 Å². The molecule has 0 amide bonds. The maximum absolute atomic E-state index is 5.33. The standard InChI is InChI=1S/C55H39N3/c1-55(2)47-29-17-15-27-41(47)43-31-32-44-42-28-16-18-30-50(42)58(53(44)51(43)55)52-45(36-19-7-3-8-20-36)33-40(34-46(52)37-21-9-4-10-22-37)54-56-48(38-23-11-5-12-24-38)35-49(57-54)39-25-13-6-14-26-39/h3-35H,1-2H3. The van der Waals surface area contributed by atoms with E-state index >= 15 is 0 Å². The molecule has 8 aromatic carbocycles. The summed E-state index contributed by atoms with van der Waals surface area (Å²) >= 11 is 0. The van der Waals surface area contributed by atoms with E-state index in [1.165, 1.54) is 44.1 Å². The Morgan fingerprint density at radius 1 is 0.397 bits per heavy atom. The van der Waals surface area contributed by atoms with E-state index in [9.17, 15) is 0 Å². The minimum absolute atomic E-state index is 0.225. The smallest absolute Gasteiger partial charge is 0.160 e. The lowest BCUT2D eigenvalue weighted by Crippen LogP contribution is -2.16. The number of aromatic nitrogens is 3. The summed E-state index contributed by atoms with van der Waals surface area (Å²) in [6, 6.07) is 71.8. The molecule has 2 aromatic heterocycles. The lowest BCUT2D eigenvalue weighted by atomic mass is 9.81. The highest BCUT2D eigenvalue weighted by Gasteiger charge is 2.39. The highest BCUT2D eigenvalue weighted by Crippen LogP contribution is 2.54. The quantitative estimate of drug-likeness (QED) is 0.170. The monoisotopic (exact) mass is 741 g/mol. The summed E-state index contributed by atoms with van der Waals surface area (Å²) in [7, 11) is 0. The number of rotatable bonds is 6. The molecule has 0 fully saturated rings. The molecule has 0 N–H and O–H groups in total. The second-order valence-corrected chi connectivity index (χ2v) is 15.8. The Morgan fingerprint density at radius 3 is 1.48 bits per heavy atom. The lowest BCUT2D eigenvalue weighted by Gasteiger charge is -2.26. The van der Waals surface area contributed by atoms with Crippen LogP contribution in [-0.2, 0) is 5.41 Å². The summed E-state index contributed by atoms with van der Waals surface area (Å²) in [4.78, 5) is 10.7. The fraction of sp³-hybridized carbons (Fsp3) is 0.0545. The lowest BCUT2D eigenvalue weighted by molar-refractivity contribution is 0.664. The summed E-state index contributed by atoms with van der Waals surface area (Å²) in [5.41, 5.74) is 18.0. The minimum atomic E-state index is -0.225. The Bertz CT molecular complexity index is 3040. The zero-order valence-electron chi connectivity index (χ0n) is 32.4. The van der Waals surface area contributed by atoms with Gasteiger partial charge in [0.05, 0.1) is 28.1 Å². The molecule has 1 aliphatic carbocycles. The van der Waals surface area contributed by atoms with E-state index in [0.29, 0.717) is 5.82 Å². The number of para-hydroxylation sites is 1. The van der Waals surface area contributed by atoms with Gasteiger partial charge in [-0.15, -0.1) is 0 Å². The molecule has 274 valence electrons. The number of benzene rings is 8. The number of nitrogens with zero attached hydrogens (tertiary/aromatic N) is 3. The topological polar surface area (TPSA) is 30.7 Å². The van der Waals surface area contributed by atoms with E-state index < -0.39 is 0 Å². The molecule has 10 aromatic rings. The second-order valence-electron chi connectivity index (χ2n) is 15.8. The molecule has 0 atom stereocenters. The van der Waals surface area contributed by atoms with Crippen LogP contribution in [0.25, 0.3) is 94.8 Å². The van der Waals surface area contributed by atoms with E-state index in [1.807, 2.05) is 12.1 Å². The first-order valence-corrected chi connectivity index (χ1v) is 20.0. The van der Waals surface area contributed by atoms with Gasteiger partial charge in [-0.3, -0.25) is 0 Å². The van der Waals surface area contributed by atoms with Gasteiger partial charge in [0.1, 0.15) is 0 Å². The molecule has 58 heavy (non-hydrogen) atoms. The third kappa shape index (κ3) is 5.35. The number of hydrogen-bond acceptors (Lipinski definition) is 2. The fourth-order valence-corrected chi connectivity index (χ4v) is 9.31. The molecule has 0 saturated carbocycles. The first-order valence-electron chi connectivity index (χ1n) is 20.0. The molecule has 0 spiro atoms. The van der Waals surface area contributed by atoms with Crippen LogP contribution in [0, 0.1) is 0 Å². The van der Waals surface area contributed by atoms with Gasteiger partial charge in [-0.25, -0.2) is 9.97 Å². The Balaban J connectivity index is 1.28. The van der Waals surface area contributed by atoms with Crippen molar-refractivity contribution in [3.63, 3.8) is 0 Å². The van der Waals surface area contributed by atoms with Gasteiger partial charge in [-0.05, 0) is 57.6 Å². The van der Waals surface area contributed by atoms with Gasteiger partial charge in [-0.1, -0.05) is 190 Å². The molecule has 0 aliphatic heterocycles. The van der Waals surface area contributed by atoms with E-state index in [2.05, 4.69) is 206 Å². The SMILES string of the molecule is CC1(C)c2ccccc2-c2ccc3c4ccccc4n(-c4c(-c5ccccc5)cc(-c5nc(-c6ccccc6)cc(-c6ccccc6)n5)cc4-c4ccccc4)c3c21. The van der Waals surface area contributed by atoms with Crippen molar-refractivity contribution in [1.29, 1.82) is 0 Å². The zero-order chi connectivity index (χ0) is 38.8. The van der Waals surface area contributed by atoms with Crippen molar-refractivity contribution in [1.82, 2.24) is 14.5 Å². The molecule has 11 rings (SSSR count). The van der Waals surface area contributed by atoms with Crippen LogP contribution in [0.3, 0.4) is 0 Å². The zero-order valence-corrected chi connectivity index (χ0v) is 32.4. The molecule has 3 heteroatoms. The molecule has 0 saturated heterocycles. The molecule has 0 unspecified atom stereocenters. The minimum Gasteiger partial charge on any atom is -0.308 e. The largest absolute Gasteiger partial charge is 0.308 e. The summed E-state index contributed by atoms with van der Waals surface area (Å²) in [6.07, 6.45) is 0. The average Bonchev–Trinajstić information content (AvgIpc) is 3.75. The van der Waals surface area contributed by atoms with Gasteiger partial charge in [0.25, 0.3) is 0 Å². The Kier molecular flexibility index (Phi) is 7.84. The molecule has 0 radical (unpaired) electrons. The predicted octanol–water partition coefficient (Wildman–Crippen LogP) is 14.2. The van der Waals surface area contributed by atoms with E-state index in [0.717, 1.165) is 56.0 Å². The van der Waals surface area contributed by atoms with Crippen LogP contribution in [-0.4, -0.2) is 14.5 Å². The number of fused-ring (bicyclic) bond motifs is 7. The van der Waals surface area contributed by atoms with Gasteiger partial charge >= 0.3 is 0 Å². The second kappa shape index (κ2) is 13.4. The van der Waals surface area contributed by atoms with Crippen LogP contribution >= 0.6 is 0 Å². The average molecular weight is 742 g/mol. The first kappa shape index (κ1) is 33.9. The van der Waals surface area contributed by atoms with Crippen molar-refractivity contribution < 1.29 is 0 Å². The maximum Gasteiger partial charge on any atom is 0.160 e. The Labute approximate surface area is 338 Å². The maximum atomic E-state index is 5.33. The normalized spacial score (nSPS) is 12.8. The molecular formula is C55H39N3. The van der Waals surface area contributed by atoms with Crippen LogP contribution < -0.4 is 0 Å². The summed E-state index contributed by atoms with van der Waals surface area (Å²) in [6.45, 7) is 4.78. The van der Waals surface area contributed by atoms with Gasteiger partial charge in [0.2, 0.25) is 0 Å². The van der Waals surface area contributed by atoms with Gasteiger partial charge in [0, 0.05) is 44.0 Å². The van der Waals surface area contributed by atoms with Gasteiger partial charge in [0.15, 0.2) is 5.82 Å². The van der Waals surface area contributed by atoms with Crippen molar-refractivity contribution in [3.8, 4) is 73.0 Å². The highest BCUT2D eigenvalue weighted by atomic mass is 15.0. The van der Waals surface area contributed by atoms with Crippen molar-refractivity contribution in [2.45, 2.75) is 19.3 Å². The highest BCUT2D eigenvalue weighted by molar-refractivity contribution is 6.14. The first-order chi connectivity index (χ1) is 28.5. The molecule has 0 bridgehead atoms. The third-order valence-electron chi connectivity index (χ3n) is 12.0. The summed E-state index contributed by atoms with van der Waals surface area (Å²) in [5, 5.41) is 2.49. The Hall–Kier alpha value is -7.36. The molecule has 1 aliphatic rings. The van der Waals surface area contributed by atoms with Crippen LogP contribution in [0.5, 0.6) is 0 Å². The number of hydrogen-bond donors (Lipinski definition) is 0. The van der Waals surface area contributed by atoms with Crippen LogP contribution in [0.4, 0.5) is 0 Å². The van der Waals surface area contributed by atoms with E-state index in [4.69, 9.17) is 9.97 Å². The van der Waals surface area contributed by atoms with E-state index in [1.54, 1.807) is 0 Å². The summed E-state index contributed by atoms with van der Waals surface area (Å²) < 4.78 is 2.57. The van der Waals surface area contributed by atoms with Gasteiger partial charge < -0.3 is 4.57 Å². The van der Waals surface area contributed by atoms with Crippen molar-refractivity contribution in [3.05, 3.63) is 211 Å². The summed E-state index contributed by atoms with van der Waals surface area (Å²) in [5.74, 6) is 0.681. The third-order valence-corrected chi connectivity index (χ3v) is 12.0. The predicted molar refractivity (Wildman–Crippen MR) is 241 cm³/mol. The fourth-order valence-electron chi connectivity index (χ4n) is 9.31. The van der Waals surface area contributed by atoms with Crippen molar-refractivity contribution in [2.24, 2.45) is 0 Å². The van der Waals surface area contributed by atoms with Crippen LogP contribution in [0.15, 0.2) is 200 Å². The van der Waals surface area contributed by atoms with Crippen molar-refractivity contribution in [2.75, 3.05) is 0 Å². The van der Waals surface area contributed by atoms with Crippen LogP contribution in [0.2, 0.25) is 0 Å². The van der Waals surface area contributed by atoms with Gasteiger partial charge in [-0.2, -0.15) is 0 Å². The molecule has 2 heterocycles. The Morgan fingerprint density at radius 2 is 0.897 bits per heavy atom.